The van der Waals surface area contributed by atoms with E-state index in [0.717, 1.165) is 0 Å². The fourth-order valence-electron chi connectivity index (χ4n) is 0.770. The molecule has 3 N–H and O–H groups in total. The molecule has 0 bridgehead atoms. The summed E-state index contributed by atoms with van der Waals surface area (Å²) in [6, 6.07) is 3.54. The molecular weight excluding hydrogens is 140 g/mol. The minimum atomic E-state index is 0.400. The molecule has 0 unspecified atom stereocenters. The highest BCUT2D eigenvalue weighted by molar-refractivity contribution is 5.68. The van der Waals surface area contributed by atoms with Crippen LogP contribution in [0.25, 0.3) is 0 Å². The molecule has 1 aromatic heterocycles. The molecule has 0 fully saturated rings. The minimum absolute atomic E-state index is 0.400. The molecule has 4 heteroatoms. The Labute approximate surface area is 64.7 Å². The smallest absolute Gasteiger partial charge is 0.150 e. The molecule has 1 rings (SSSR count). The van der Waals surface area contributed by atoms with Gasteiger partial charge in [0.15, 0.2) is 0 Å². The number of rotatable bonds is 1. The highest BCUT2D eigenvalue weighted by Crippen LogP contribution is 2.17. The average Bonchev–Trinajstić information content (AvgIpc) is 2.05. The first-order valence-corrected chi connectivity index (χ1v) is 3.12. The summed E-state index contributed by atoms with van der Waals surface area (Å²) in [5.74, 6) is 0.545. The van der Waals surface area contributed by atoms with Crippen LogP contribution in [-0.4, -0.2) is 12.0 Å². The largest absolute Gasteiger partial charge is 0.395 e. The van der Waals surface area contributed by atoms with Crippen LogP contribution >= 0.6 is 0 Å². The Morgan fingerprint density at radius 1 is 1.73 bits per heavy atom. The van der Waals surface area contributed by atoms with Crippen molar-refractivity contribution in [3.8, 4) is 6.07 Å². The van der Waals surface area contributed by atoms with Gasteiger partial charge < -0.3 is 11.1 Å². The van der Waals surface area contributed by atoms with Crippen molar-refractivity contribution in [2.75, 3.05) is 18.1 Å². The van der Waals surface area contributed by atoms with E-state index in [9.17, 15) is 0 Å². The van der Waals surface area contributed by atoms with E-state index in [4.69, 9.17) is 11.0 Å². The Morgan fingerprint density at radius 2 is 2.45 bits per heavy atom. The van der Waals surface area contributed by atoms with E-state index < -0.39 is 0 Å². The molecule has 4 nitrogen and oxygen atoms in total. The second-order valence-electron chi connectivity index (χ2n) is 1.98. The monoisotopic (exact) mass is 148 g/mol. The lowest BCUT2D eigenvalue weighted by molar-refractivity contribution is 1.28. The van der Waals surface area contributed by atoms with Gasteiger partial charge in [-0.25, -0.2) is 4.98 Å². The number of aromatic nitrogens is 1. The van der Waals surface area contributed by atoms with Gasteiger partial charge in [0.05, 0.1) is 11.3 Å². The predicted octanol–water partition coefficient (Wildman–Crippen LogP) is 0.577. The predicted molar refractivity (Wildman–Crippen MR) is 42.9 cm³/mol. The lowest BCUT2D eigenvalue weighted by Gasteiger charge is -2.02. The Bertz CT molecular complexity index is 300. The topological polar surface area (TPSA) is 74.7 Å². The van der Waals surface area contributed by atoms with Gasteiger partial charge in [0, 0.05) is 13.2 Å². The van der Waals surface area contributed by atoms with Crippen molar-refractivity contribution in [2.24, 2.45) is 0 Å². The Kier molecular flexibility index (Phi) is 1.93. The van der Waals surface area contributed by atoms with E-state index in [0.29, 0.717) is 17.1 Å². The number of pyridine rings is 1. The average molecular weight is 148 g/mol. The molecule has 1 heterocycles. The van der Waals surface area contributed by atoms with Crippen LogP contribution < -0.4 is 11.1 Å². The first-order chi connectivity index (χ1) is 5.29. The molecule has 11 heavy (non-hydrogen) atoms. The zero-order valence-electron chi connectivity index (χ0n) is 6.13. The standard InChI is InChI=1S/C7H8N4/c1-10-7-6(9)5(4-8)2-3-11-7/h2-3H,9H2,1H3,(H,10,11). The van der Waals surface area contributed by atoms with Crippen LogP contribution in [0, 0.1) is 11.3 Å². The van der Waals surface area contributed by atoms with Gasteiger partial charge in [-0.15, -0.1) is 0 Å². The molecule has 0 atom stereocenters. The highest BCUT2D eigenvalue weighted by atomic mass is 15.0. The first-order valence-electron chi connectivity index (χ1n) is 3.12. The molecule has 0 saturated carbocycles. The number of nitrogens with one attached hydrogen (secondary N) is 1. The van der Waals surface area contributed by atoms with Gasteiger partial charge in [0.2, 0.25) is 0 Å². The van der Waals surface area contributed by atoms with Crippen molar-refractivity contribution in [1.82, 2.24) is 4.98 Å². The quantitative estimate of drug-likeness (QED) is 0.610. The van der Waals surface area contributed by atoms with Crippen molar-refractivity contribution in [2.45, 2.75) is 0 Å². The molecule has 0 radical (unpaired) electrons. The molecule has 0 saturated heterocycles. The summed E-state index contributed by atoms with van der Waals surface area (Å²) in [4.78, 5) is 3.92. The molecule has 56 valence electrons. The normalized spacial score (nSPS) is 8.73. The molecule has 0 aliphatic carbocycles. The van der Waals surface area contributed by atoms with Crippen LogP contribution in [0.4, 0.5) is 11.5 Å². The third-order valence-electron chi connectivity index (χ3n) is 1.35. The van der Waals surface area contributed by atoms with Crippen LogP contribution in [0.1, 0.15) is 5.56 Å². The zero-order valence-corrected chi connectivity index (χ0v) is 6.13. The second kappa shape index (κ2) is 2.88. The van der Waals surface area contributed by atoms with Crippen LogP contribution in [0.3, 0.4) is 0 Å². The minimum Gasteiger partial charge on any atom is -0.395 e. The van der Waals surface area contributed by atoms with Crippen molar-refractivity contribution in [3.63, 3.8) is 0 Å². The third kappa shape index (κ3) is 1.22. The fourth-order valence-corrected chi connectivity index (χ4v) is 0.770. The maximum absolute atomic E-state index is 8.55. The lowest BCUT2D eigenvalue weighted by Crippen LogP contribution is -2.00. The summed E-state index contributed by atoms with van der Waals surface area (Å²) >= 11 is 0. The summed E-state index contributed by atoms with van der Waals surface area (Å²) in [6.45, 7) is 0. The maximum atomic E-state index is 8.55. The SMILES string of the molecule is CNc1nccc(C#N)c1N. The van der Waals surface area contributed by atoms with Crippen LogP contribution in [0.15, 0.2) is 12.3 Å². The summed E-state index contributed by atoms with van der Waals surface area (Å²) in [5.41, 5.74) is 6.41. The summed E-state index contributed by atoms with van der Waals surface area (Å²) in [6.07, 6.45) is 1.54. The van der Waals surface area contributed by atoms with Crippen molar-refractivity contribution in [1.29, 1.82) is 5.26 Å². The molecular formula is C7H8N4. The number of hydrogen-bond donors (Lipinski definition) is 2. The number of nitriles is 1. The van der Waals surface area contributed by atoms with Crippen molar-refractivity contribution in [3.05, 3.63) is 17.8 Å². The van der Waals surface area contributed by atoms with E-state index >= 15 is 0 Å². The fraction of sp³-hybridized carbons (Fsp3) is 0.143. The summed E-state index contributed by atoms with van der Waals surface area (Å²) in [5, 5.41) is 11.3. The van der Waals surface area contributed by atoms with Gasteiger partial charge in [-0.1, -0.05) is 0 Å². The van der Waals surface area contributed by atoms with Crippen LogP contribution in [0.5, 0.6) is 0 Å². The number of nitrogens with zero attached hydrogens (tertiary/aromatic N) is 2. The molecule has 0 amide bonds. The maximum Gasteiger partial charge on any atom is 0.150 e. The Morgan fingerprint density at radius 3 is 3.00 bits per heavy atom. The van der Waals surface area contributed by atoms with Crippen LogP contribution in [0.2, 0.25) is 0 Å². The first kappa shape index (κ1) is 7.35. The van der Waals surface area contributed by atoms with Gasteiger partial charge in [-0.3, -0.25) is 0 Å². The van der Waals surface area contributed by atoms with Gasteiger partial charge in [0.25, 0.3) is 0 Å². The number of nitrogens with two attached hydrogens (primary N) is 1. The lowest BCUT2D eigenvalue weighted by atomic mass is 10.2. The van der Waals surface area contributed by atoms with E-state index in [-0.39, 0.29) is 0 Å². The van der Waals surface area contributed by atoms with Gasteiger partial charge in [0.1, 0.15) is 11.9 Å². The summed E-state index contributed by atoms with van der Waals surface area (Å²) < 4.78 is 0. The van der Waals surface area contributed by atoms with Gasteiger partial charge in [-0.05, 0) is 6.07 Å². The van der Waals surface area contributed by atoms with Gasteiger partial charge >= 0.3 is 0 Å². The second-order valence-corrected chi connectivity index (χ2v) is 1.98. The zero-order chi connectivity index (χ0) is 8.27. The highest BCUT2D eigenvalue weighted by Gasteiger charge is 2.02. The van der Waals surface area contributed by atoms with Crippen molar-refractivity contribution >= 4 is 11.5 Å². The van der Waals surface area contributed by atoms with Crippen LogP contribution in [-0.2, 0) is 0 Å². The van der Waals surface area contributed by atoms with Crippen molar-refractivity contribution < 1.29 is 0 Å². The van der Waals surface area contributed by atoms with E-state index in [1.54, 1.807) is 19.3 Å². The number of nitrogen functional groups attached to an aromatic ring is 1. The molecule has 0 aliphatic rings. The molecule has 0 aromatic carbocycles. The molecule has 1 aromatic rings. The number of hydrogen-bond acceptors (Lipinski definition) is 4. The van der Waals surface area contributed by atoms with E-state index in [1.165, 1.54) is 0 Å². The van der Waals surface area contributed by atoms with Gasteiger partial charge in [-0.2, -0.15) is 5.26 Å². The van der Waals surface area contributed by atoms with E-state index in [1.807, 2.05) is 6.07 Å². The number of anilines is 2. The third-order valence-corrected chi connectivity index (χ3v) is 1.35. The molecule has 0 spiro atoms. The molecule has 0 aliphatic heterocycles. The Balaban J connectivity index is 3.23. The summed E-state index contributed by atoms with van der Waals surface area (Å²) in [7, 11) is 1.71. The Hall–Kier alpha value is -1.76. The van der Waals surface area contributed by atoms with E-state index in [2.05, 4.69) is 10.3 Å².